The summed E-state index contributed by atoms with van der Waals surface area (Å²) in [6.07, 6.45) is -14.6. The van der Waals surface area contributed by atoms with E-state index in [1.54, 1.807) is 0 Å². The van der Waals surface area contributed by atoms with E-state index in [1.807, 2.05) is 0 Å². The van der Waals surface area contributed by atoms with Crippen LogP contribution in [0.25, 0.3) is 22.3 Å². The van der Waals surface area contributed by atoms with Gasteiger partial charge in [-0.2, -0.15) is 9.29 Å². The summed E-state index contributed by atoms with van der Waals surface area (Å²) < 4.78 is 79.7. The third-order valence-corrected chi connectivity index (χ3v) is 12.9. The molecule has 0 spiro atoms. The highest BCUT2D eigenvalue weighted by Gasteiger charge is 2.53. The molecule has 30 nitrogen and oxygen atoms in total. The number of fused-ring (bicyclic) bond motifs is 3. The number of anilines is 2. The Bertz CT molecular complexity index is 2400. The number of imidazole rings is 2. The number of hydrogen-bond donors (Lipinski definition) is 11. The summed E-state index contributed by atoms with van der Waals surface area (Å²) in [6, 6.07) is 0. The number of nitrogens with two attached hydrogens (primary N) is 1. The zero-order valence-corrected chi connectivity index (χ0v) is 31.5. The van der Waals surface area contributed by atoms with Crippen LogP contribution >= 0.6 is 23.5 Å². The highest BCUT2D eigenvalue weighted by molar-refractivity contribution is 7.61. The van der Waals surface area contributed by atoms with Gasteiger partial charge in [-0.05, 0) is 0 Å². The highest BCUT2D eigenvalue weighted by atomic mass is 31.3. The molecular formula is C25H33N10O20P3. The van der Waals surface area contributed by atoms with Crippen molar-refractivity contribution in [1.29, 1.82) is 0 Å². The second kappa shape index (κ2) is 15.2. The fraction of sp³-hybridized carbons (Fsp3) is 0.600. The van der Waals surface area contributed by atoms with Crippen molar-refractivity contribution in [2.24, 2.45) is 0 Å². The first-order valence-electron chi connectivity index (χ1n) is 16.7. The molecule has 15 atom stereocenters. The van der Waals surface area contributed by atoms with E-state index < -0.39 is 116 Å². The van der Waals surface area contributed by atoms with Gasteiger partial charge in [0, 0.05) is 0 Å². The van der Waals surface area contributed by atoms with Crippen molar-refractivity contribution >= 4 is 57.6 Å². The Morgan fingerprint density at radius 1 is 0.862 bits per heavy atom. The lowest BCUT2D eigenvalue weighted by atomic mass is 10.1. The quantitative estimate of drug-likeness (QED) is 0.0605. The predicted molar refractivity (Wildman–Crippen MR) is 181 cm³/mol. The summed E-state index contributed by atoms with van der Waals surface area (Å²) in [5.74, 6) is -0.348. The lowest BCUT2D eigenvalue weighted by Crippen LogP contribution is -2.39. The number of aliphatic hydroxyl groups excluding tert-OH is 5. The Labute approximate surface area is 320 Å². The number of phosphoric ester groups is 3. The summed E-state index contributed by atoms with van der Waals surface area (Å²) in [5.41, 5.74) is 4.83. The van der Waals surface area contributed by atoms with E-state index in [9.17, 15) is 58.7 Å². The average molecular weight is 887 g/mol. The number of nitrogens with zero attached hydrogens (tertiary/aromatic N) is 7. The van der Waals surface area contributed by atoms with Gasteiger partial charge in [0.05, 0.1) is 32.5 Å². The first-order chi connectivity index (χ1) is 27.3. The first-order valence-corrected chi connectivity index (χ1v) is 21.1. The van der Waals surface area contributed by atoms with E-state index >= 15 is 0 Å². The number of aromatic nitrogens is 8. The van der Waals surface area contributed by atoms with E-state index in [-0.39, 0.29) is 40.7 Å². The van der Waals surface area contributed by atoms with Gasteiger partial charge in [-0.3, -0.25) is 37.0 Å². The standard InChI is InChI=1S/C25H33N10O20P3/c26-18-10-19(28-4-27-18)34(5-29-10)23-15(39)13(37)8(52-23)2-50-58(46,47)55-57(44,45)49-1-7-12(36)14(38)22(51-7)33-25-31-20-11(21(41)32-25)30-6-35(20)24-16(40)17-9(53-24)3-48-56(42,43)54-17/h4-9,12-17,22-24,36-40H,1-3H2,(H,42,43)(H,44,45)(H,46,47)(H2,26,27,28)(H2,31,32,33,41)/t7-,8-,9-,12-,13-,14-,15-,16-,17-,22?,23-,24-/m1/s1. The molecule has 4 aliphatic heterocycles. The molecule has 12 N–H and O–H groups in total. The van der Waals surface area contributed by atoms with Crippen molar-refractivity contribution in [1.82, 2.24) is 39.0 Å². The van der Waals surface area contributed by atoms with Crippen LogP contribution in [0.15, 0.2) is 23.8 Å². The topological polar surface area (TPSA) is 432 Å². The van der Waals surface area contributed by atoms with Gasteiger partial charge in [0.25, 0.3) is 5.56 Å². The van der Waals surface area contributed by atoms with E-state index in [4.69, 9.17) is 38.0 Å². The normalized spacial score (nSPS) is 37.2. The number of phosphoric acid groups is 3. The molecule has 33 heteroatoms. The molecule has 0 saturated carbocycles. The lowest BCUT2D eigenvalue weighted by molar-refractivity contribution is -0.0664. The smallest absolute Gasteiger partial charge is 0.387 e. The summed E-state index contributed by atoms with van der Waals surface area (Å²) in [5, 5.41) is 55.6. The number of nitrogens with one attached hydrogen (secondary N) is 2. The second-order valence-electron chi connectivity index (χ2n) is 13.1. The van der Waals surface area contributed by atoms with Gasteiger partial charge in [0.1, 0.15) is 66.8 Å². The monoisotopic (exact) mass is 886 g/mol. The molecule has 318 valence electrons. The van der Waals surface area contributed by atoms with Gasteiger partial charge < -0.3 is 65.5 Å². The van der Waals surface area contributed by atoms with Crippen LogP contribution in [-0.4, -0.2) is 160 Å². The molecule has 4 aromatic heterocycles. The number of aromatic amines is 1. The Kier molecular flexibility index (Phi) is 10.8. The third kappa shape index (κ3) is 7.83. The SMILES string of the molecule is Nc1ncnc2c1ncn2[C@@H]1O[C@H](COP(=O)(O)OP(=O)(O)OC[C@H]2OC(Nc3nc4c(ncn4[C@@H]4O[C@@H]5COP(=O)(O)O[C@H]5[C@H]4O)c(=O)[nH]3)[C@H](O)[C@@H]2O)[C@@H](O)[C@H]1O. The number of nitrogen functional groups attached to an aromatic ring is 1. The molecule has 58 heavy (non-hydrogen) atoms. The molecule has 8 heterocycles. The van der Waals surface area contributed by atoms with Gasteiger partial charge in [0.2, 0.25) is 5.95 Å². The van der Waals surface area contributed by atoms with Crippen LogP contribution in [0.3, 0.4) is 0 Å². The molecule has 4 unspecified atom stereocenters. The van der Waals surface area contributed by atoms with Gasteiger partial charge in [-0.1, -0.05) is 0 Å². The molecule has 4 saturated heterocycles. The molecule has 0 aliphatic carbocycles. The summed E-state index contributed by atoms with van der Waals surface area (Å²) >= 11 is 0. The summed E-state index contributed by atoms with van der Waals surface area (Å²) in [4.78, 5) is 65.2. The van der Waals surface area contributed by atoms with E-state index in [0.717, 1.165) is 17.2 Å². The molecule has 0 amide bonds. The van der Waals surface area contributed by atoms with Crippen molar-refractivity contribution in [3.63, 3.8) is 0 Å². The molecular weight excluding hydrogens is 853 g/mol. The highest BCUT2D eigenvalue weighted by Crippen LogP contribution is 2.61. The maximum Gasteiger partial charge on any atom is 0.481 e. The second-order valence-corrected chi connectivity index (χ2v) is 17.5. The first kappa shape index (κ1) is 41.3. The Balaban J connectivity index is 0.865. The van der Waals surface area contributed by atoms with Gasteiger partial charge in [-0.15, -0.1) is 0 Å². The fourth-order valence-corrected chi connectivity index (χ4v) is 9.61. The number of ether oxygens (including phenoxy) is 3. The van der Waals surface area contributed by atoms with Crippen molar-refractivity contribution < 1.29 is 90.5 Å². The Morgan fingerprint density at radius 3 is 2.19 bits per heavy atom. The van der Waals surface area contributed by atoms with Crippen molar-refractivity contribution in [2.75, 3.05) is 30.9 Å². The van der Waals surface area contributed by atoms with E-state index in [1.165, 1.54) is 10.9 Å². The molecule has 0 radical (unpaired) electrons. The van der Waals surface area contributed by atoms with Crippen molar-refractivity contribution in [2.45, 2.75) is 73.6 Å². The maximum atomic E-state index is 12.9. The maximum absolute atomic E-state index is 12.9. The van der Waals surface area contributed by atoms with Crippen LogP contribution < -0.4 is 16.6 Å². The van der Waals surface area contributed by atoms with Crippen LogP contribution in [0, 0.1) is 0 Å². The molecule has 4 aliphatic rings. The van der Waals surface area contributed by atoms with E-state index in [2.05, 4.69) is 39.5 Å². The number of rotatable bonds is 12. The predicted octanol–water partition coefficient (Wildman–Crippen LogP) is -3.96. The molecule has 8 rings (SSSR count). The minimum Gasteiger partial charge on any atom is -0.387 e. The molecule has 4 fully saturated rings. The minimum absolute atomic E-state index is 0.0240. The zero-order chi connectivity index (χ0) is 41.5. The van der Waals surface area contributed by atoms with Gasteiger partial charge >= 0.3 is 23.5 Å². The zero-order valence-electron chi connectivity index (χ0n) is 28.8. The van der Waals surface area contributed by atoms with Crippen LogP contribution in [0.2, 0.25) is 0 Å². The largest absolute Gasteiger partial charge is 0.481 e. The fourth-order valence-electron chi connectivity index (χ4n) is 6.55. The number of H-pyrrole nitrogens is 1. The minimum atomic E-state index is -5.51. The van der Waals surface area contributed by atoms with Crippen LogP contribution in [-0.2, 0) is 50.3 Å². The van der Waals surface area contributed by atoms with Crippen LogP contribution in [0.1, 0.15) is 12.5 Å². The third-order valence-electron chi connectivity index (χ3n) is 9.32. The number of aliphatic hydroxyl groups is 5. The van der Waals surface area contributed by atoms with Crippen molar-refractivity contribution in [3.05, 3.63) is 29.3 Å². The Morgan fingerprint density at radius 2 is 1.48 bits per heavy atom. The van der Waals surface area contributed by atoms with Gasteiger partial charge in [0.15, 0.2) is 41.3 Å². The van der Waals surface area contributed by atoms with Crippen LogP contribution in [0.5, 0.6) is 0 Å². The van der Waals surface area contributed by atoms with Gasteiger partial charge in [-0.25, -0.2) is 33.6 Å². The van der Waals surface area contributed by atoms with Crippen LogP contribution in [0.4, 0.5) is 11.8 Å². The van der Waals surface area contributed by atoms with Crippen molar-refractivity contribution in [3.8, 4) is 0 Å². The number of hydrogen-bond acceptors (Lipinski definition) is 24. The summed E-state index contributed by atoms with van der Waals surface area (Å²) in [6.45, 7) is -2.37. The lowest BCUT2D eigenvalue weighted by Gasteiger charge is -2.27. The Hall–Kier alpha value is -3.45. The molecule has 4 aromatic rings. The summed E-state index contributed by atoms with van der Waals surface area (Å²) in [7, 11) is -15.4. The molecule has 0 bridgehead atoms. The molecule has 0 aromatic carbocycles. The average Bonchev–Trinajstić information content (AvgIpc) is 3.96. The van der Waals surface area contributed by atoms with E-state index in [0.29, 0.717) is 0 Å².